The number of aromatic nitrogens is 3. The van der Waals surface area contributed by atoms with Crippen LogP contribution >= 0.6 is 0 Å². The SMILES string of the molecule is Cc1cc(Nc2cnc(C(=O)Nc3ccc(C(C)C)cc3)cn2)no1. The Labute approximate surface area is 145 Å². The lowest BCUT2D eigenvalue weighted by atomic mass is 10.0. The van der Waals surface area contributed by atoms with Crippen LogP contribution in [0.25, 0.3) is 0 Å². The molecule has 0 unspecified atom stereocenters. The fourth-order valence-electron chi connectivity index (χ4n) is 2.21. The Bertz CT molecular complexity index is 854. The predicted octanol–water partition coefficient (Wildman–Crippen LogP) is 3.89. The number of nitrogens with one attached hydrogen (secondary N) is 2. The van der Waals surface area contributed by atoms with Gasteiger partial charge in [-0.1, -0.05) is 31.1 Å². The van der Waals surface area contributed by atoms with Crippen molar-refractivity contribution in [3.05, 3.63) is 59.7 Å². The zero-order valence-corrected chi connectivity index (χ0v) is 14.3. The molecule has 0 fully saturated rings. The van der Waals surface area contributed by atoms with Gasteiger partial charge in [-0.3, -0.25) is 4.79 Å². The zero-order chi connectivity index (χ0) is 17.8. The first kappa shape index (κ1) is 16.6. The molecule has 0 aliphatic carbocycles. The van der Waals surface area contributed by atoms with Crippen LogP contribution in [0.15, 0.2) is 47.2 Å². The number of nitrogens with zero attached hydrogens (tertiary/aromatic N) is 3. The summed E-state index contributed by atoms with van der Waals surface area (Å²) < 4.78 is 4.96. The molecule has 7 heteroatoms. The Morgan fingerprint density at radius 1 is 1.08 bits per heavy atom. The molecule has 0 bridgehead atoms. The molecule has 3 rings (SSSR count). The van der Waals surface area contributed by atoms with Gasteiger partial charge in [0.05, 0.1) is 12.4 Å². The largest absolute Gasteiger partial charge is 0.360 e. The molecule has 2 aromatic heterocycles. The van der Waals surface area contributed by atoms with Gasteiger partial charge in [-0.25, -0.2) is 9.97 Å². The van der Waals surface area contributed by atoms with Gasteiger partial charge in [0.15, 0.2) is 5.82 Å². The number of carbonyl (C=O) groups is 1. The Kier molecular flexibility index (Phi) is 4.74. The van der Waals surface area contributed by atoms with E-state index in [1.54, 1.807) is 13.0 Å². The summed E-state index contributed by atoms with van der Waals surface area (Å²) >= 11 is 0. The molecule has 0 atom stereocenters. The van der Waals surface area contributed by atoms with Gasteiger partial charge in [-0.05, 0) is 30.5 Å². The summed E-state index contributed by atoms with van der Waals surface area (Å²) in [4.78, 5) is 20.5. The van der Waals surface area contributed by atoms with Gasteiger partial charge in [0.25, 0.3) is 5.91 Å². The maximum atomic E-state index is 12.2. The molecule has 25 heavy (non-hydrogen) atoms. The number of amides is 1. The molecule has 0 aliphatic heterocycles. The molecule has 1 amide bonds. The molecular weight excluding hydrogens is 318 g/mol. The second kappa shape index (κ2) is 7.12. The van der Waals surface area contributed by atoms with Crippen molar-refractivity contribution in [3.8, 4) is 0 Å². The molecule has 0 aliphatic rings. The van der Waals surface area contributed by atoms with E-state index in [0.717, 1.165) is 5.69 Å². The highest BCUT2D eigenvalue weighted by molar-refractivity contribution is 6.02. The van der Waals surface area contributed by atoms with Gasteiger partial charge in [-0.15, -0.1) is 0 Å². The van der Waals surface area contributed by atoms with E-state index >= 15 is 0 Å². The number of hydrogen-bond acceptors (Lipinski definition) is 6. The first-order chi connectivity index (χ1) is 12.0. The maximum absolute atomic E-state index is 12.2. The van der Waals surface area contributed by atoms with E-state index in [-0.39, 0.29) is 11.6 Å². The van der Waals surface area contributed by atoms with Crippen molar-refractivity contribution in [1.82, 2.24) is 15.1 Å². The van der Waals surface area contributed by atoms with Gasteiger partial charge < -0.3 is 15.2 Å². The van der Waals surface area contributed by atoms with Crippen molar-refractivity contribution in [2.45, 2.75) is 26.7 Å². The maximum Gasteiger partial charge on any atom is 0.275 e. The highest BCUT2D eigenvalue weighted by Gasteiger charge is 2.10. The Morgan fingerprint density at radius 3 is 2.40 bits per heavy atom. The summed E-state index contributed by atoms with van der Waals surface area (Å²) in [5.74, 6) is 1.84. The van der Waals surface area contributed by atoms with Crippen LogP contribution in [0.5, 0.6) is 0 Å². The standard InChI is InChI=1S/C18H19N5O2/c1-11(2)13-4-6-14(7-5-13)21-18(24)15-9-20-17(10-19-15)22-16-8-12(3)25-23-16/h4-11H,1-3H3,(H,21,24)(H,20,22,23). The van der Waals surface area contributed by atoms with Crippen molar-refractivity contribution >= 4 is 23.2 Å². The van der Waals surface area contributed by atoms with Gasteiger partial charge >= 0.3 is 0 Å². The molecular formula is C18H19N5O2. The number of rotatable bonds is 5. The lowest BCUT2D eigenvalue weighted by molar-refractivity contribution is 0.102. The van der Waals surface area contributed by atoms with Gasteiger partial charge in [0, 0.05) is 11.8 Å². The molecule has 7 nitrogen and oxygen atoms in total. The van der Waals surface area contributed by atoms with Crippen LogP contribution < -0.4 is 10.6 Å². The Hall–Kier alpha value is -3.22. The second-order valence-electron chi connectivity index (χ2n) is 5.97. The molecule has 3 aromatic rings. The lowest BCUT2D eigenvalue weighted by Gasteiger charge is -2.08. The van der Waals surface area contributed by atoms with Crippen molar-refractivity contribution in [3.63, 3.8) is 0 Å². The van der Waals surface area contributed by atoms with Crippen molar-refractivity contribution in [2.75, 3.05) is 10.6 Å². The second-order valence-corrected chi connectivity index (χ2v) is 5.97. The molecule has 2 N–H and O–H groups in total. The van der Waals surface area contributed by atoms with Crippen LogP contribution in [0, 0.1) is 6.92 Å². The van der Waals surface area contributed by atoms with E-state index < -0.39 is 0 Å². The Morgan fingerprint density at radius 2 is 1.84 bits per heavy atom. The minimum Gasteiger partial charge on any atom is -0.360 e. The van der Waals surface area contributed by atoms with Gasteiger partial charge in [0.1, 0.15) is 17.3 Å². The number of hydrogen-bond donors (Lipinski definition) is 2. The fourth-order valence-corrected chi connectivity index (χ4v) is 2.21. The summed E-state index contributed by atoms with van der Waals surface area (Å²) in [7, 11) is 0. The highest BCUT2D eigenvalue weighted by atomic mass is 16.5. The third-order valence-corrected chi connectivity index (χ3v) is 3.60. The third kappa shape index (κ3) is 4.20. The van der Waals surface area contributed by atoms with Crippen LogP contribution in [0.4, 0.5) is 17.3 Å². The number of anilines is 3. The molecule has 1 aromatic carbocycles. The average molecular weight is 337 g/mol. The van der Waals surface area contributed by atoms with Gasteiger partial charge in [0.2, 0.25) is 0 Å². The predicted molar refractivity (Wildman–Crippen MR) is 95.0 cm³/mol. The number of aryl methyl sites for hydroxylation is 1. The fraction of sp³-hybridized carbons (Fsp3) is 0.222. The van der Waals surface area contributed by atoms with Crippen LogP contribution in [0.1, 0.15) is 41.6 Å². The molecule has 0 radical (unpaired) electrons. The smallest absolute Gasteiger partial charge is 0.275 e. The third-order valence-electron chi connectivity index (χ3n) is 3.60. The van der Waals surface area contributed by atoms with Crippen molar-refractivity contribution in [1.29, 1.82) is 0 Å². The summed E-state index contributed by atoms with van der Waals surface area (Å²) in [6, 6.07) is 9.49. The van der Waals surface area contributed by atoms with E-state index in [1.165, 1.54) is 18.0 Å². The molecule has 0 spiro atoms. The minimum absolute atomic E-state index is 0.231. The first-order valence-electron chi connectivity index (χ1n) is 7.95. The molecule has 0 saturated heterocycles. The van der Waals surface area contributed by atoms with Crippen molar-refractivity contribution in [2.24, 2.45) is 0 Å². The summed E-state index contributed by atoms with van der Waals surface area (Å²) in [5, 5.41) is 9.57. The number of benzene rings is 1. The zero-order valence-electron chi connectivity index (χ0n) is 14.3. The molecule has 128 valence electrons. The Balaban J connectivity index is 1.64. The van der Waals surface area contributed by atoms with E-state index in [4.69, 9.17) is 4.52 Å². The average Bonchev–Trinajstić information content (AvgIpc) is 3.01. The van der Waals surface area contributed by atoms with E-state index in [0.29, 0.717) is 23.3 Å². The van der Waals surface area contributed by atoms with Crippen LogP contribution in [-0.2, 0) is 0 Å². The monoisotopic (exact) mass is 337 g/mol. The highest BCUT2D eigenvalue weighted by Crippen LogP contribution is 2.18. The van der Waals surface area contributed by atoms with E-state index in [9.17, 15) is 4.79 Å². The lowest BCUT2D eigenvalue weighted by Crippen LogP contribution is -2.14. The normalized spacial score (nSPS) is 10.7. The van der Waals surface area contributed by atoms with Crippen LogP contribution in [0.3, 0.4) is 0 Å². The quantitative estimate of drug-likeness (QED) is 0.733. The number of carbonyl (C=O) groups excluding carboxylic acids is 1. The van der Waals surface area contributed by atoms with E-state index in [2.05, 4.69) is 39.6 Å². The van der Waals surface area contributed by atoms with Crippen LogP contribution in [-0.4, -0.2) is 21.0 Å². The van der Waals surface area contributed by atoms with Crippen molar-refractivity contribution < 1.29 is 9.32 Å². The topological polar surface area (TPSA) is 92.9 Å². The summed E-state index contributed by atoms with van der Waals surface area (Å²) in [6.45, 7) is 6.04. The molecule has 2 heterocycles. The first-order valence-corrected chi connectivity index (χ1v) is 7.95. The summed E-state index contributed by atoms with van der Waals surface area (Å²) in [6.07, 6.45) is 2.88. The van der Waals surface area contributed by atoms with E-state index in [1.807, 2.05) is 24.3 Å². The van der Waals surface area contributed by atoms with Crippen LogP contribution in [0.2, 0.25) is 0 Å². The van der Waals surface area contributed by atoms with Gasteiger partial charge in [-0.2, -0.15) is 0 Å². The molecule has 0 saturated carbocycles. The summed E-state index contributed by atoms with van der Waals surface area (Å²) in [5.41, 5.74) is 2.17. The minimum atomic E-state index is -0.311.